The molecule has 0 aromatic carbocycles. The van der Waals surface area contributed by atoms with Crippen LogP contribution in [0.3, 0.4) is 0 Å². The van der Waals surface area contributed by atoms with Crippen molar-refractivity contribution >= 4 is 27.3 Å². The van der Waals surface area contributed by atoms with E-state index in [1.54, 1.807) is 0 Å². The molecule has 0 amide bonds. The molecule has 0 saturated heterocycles. The van der Waals surface area contributed by atoms with E-state index in [0.717, 1.165) is 0 Å². The van der Waals surface area contributed by atoms with E-state index in [9.17, 15) is 0 Å². The predicted octanol–water partition coefficient (Wildman–Crippen LogP) is 9.71. The number of rotatable bonds is 19. The first kappa shape index (κ1) is 24.2. The van der Waals surface area contributed by atoms with E-state index in [2.05, 4.69) is 39.7 Å². The lowest BCUT2D eigenvalue weighted by Crippen LogP contribution is -2.01. The molecule has 0 N–H and O–H groups in total. The molecular weight excluding hydrogens is 400 g/mol. The van der Waals surface area contributed by atoms with Crippen LogP contribution in [0.2, 0.25) is 0 Å². The van der Waals surface area contributed by atoms with E-state index in [1.165, 1.54) is 121 Å². The molecule has 0 radical (unpaired) electrons. The van der Waals surface area contributed by atoms with Gasteiger partial charge in [-0.1, -0.05) is 126 Å². The average molecular weight is 444 g/mol. The molecule has 152 valence electrons. The van der Waals surface area contributed by atoms with Crippen molar-refractivity contribution in [3.8, 4) is 0 Å². The van der Waals surface area contributed by atoms with Crippen molar-refractivity contribution in [2.75, 3.05) is 0 Å². The summed E-state index contributed by atoms with van der Waals surface area (Å²) >= 11 is 5.66. The Morgan fingerprint density at radius 2 is 1.19 bits per heavy atom. The molecule has 2 heteroatoms. The molecule has 0 fully saturated rings. The summed E-state index contributed by atoms with van der Waals surface area (Å²) < 4.78 is 0. The van der Waals surface area contributed by atoms with Crippen molar-refractivity contribution in [2.24, 2.45) is 0 Å². The lowest BCUT2D eigenvalue weighted by molar-refractivity contribution is 0.526. The Labute approximate surface area is 176 Å². The SMILES string of the molecule is CCCCCCCCCCCCCCCCCCC(Br)Cc1ccsc1. The minimum absolute atomic E-state index is 0.670. The fraction of sp³-hybridized carbons (Fsp3) is 0.833. The van der Waals surface area contributed by atoms with Crippen LogP contribution in [-0.4, -0.2) is 4.83 Å². The summed E-state index contributed by atoms with van der Waals surface area (Å²) in [6, 6.07) is 2.26. The average Bonchev–Trinajstić information content (AvgIpc) is 3.14. The summed E-state index contributed by atoms with van der Waals surface area (Å²) in [4.78, 5) is 0.670. The number of hydrogen-bond donors (Lipinski definition) is 0. The normalized spacial score (nSPS) is 12.5. The zero-order valence-electron chi connectivity index (χ0n) is 17.3. The first-order valence-corrected chi connectivity index (χ1v) is 13.3. The molecule has 1 atom stereocenters. The number of thiophene rings is 1. The van der Waals surface area contributed by atoms with Crippen LogP contribution >= 0.6 is 27.3 Å². The second-order valence-corrected chi connectivity index (χ2v) is 10.1. The second kappa shape index (κ2) is 18.5. The Balaban J connectivity index is 1.72. The first-order valence-electron chi connectivity index (χ1n) is 11.5. The van der Waals surface area contributed by atoms with Crippen molar-refractivity contribution in [2.45, 2.75) is 127 Å². The Morgan fingerprint density at radius 3 is 1.62 bits per heavy atom. The van der Waals surface area contributed by atoms with Crippen molar-refractivity contribution in [3.63, 3.8) is 0 Å². The van der Waals surface area contributed by atoms with Crippen LogP contribution in [0.4, 0.5) is 0 Å². The summed E-state index contributed by atoms with van der Waals surface area (Å²) in [6.45, 7) is 2.30. The highest BCUT2D eigenvalue weighted by Gasteiger charge is 2.05. The molecular formula is C24H43BrS. The van der Waals surface area contributed by atoms with Gasteiger partial charge >= 0.3 is 0 Å². The summed E-state index contributed by atoms with van der Waals surface area (Å²) in [6.07, 6.45) is 25.7. The minimum atomic E-state index is 0.670. The van der Waals surface area contributed by atoms with Crippen LogP contribution in [0.15, 0.2) is 16.8 Å². The molecule has 1 aromatic heterocycles. The Kier molecular flexibility index (Phi) is 17.3. The van der Waals surface area contributed by atoms with Gasteiger partial charge in [0.05, 0.1) is 0 Å². The molecule has 0 saturated carbocycles. The Bertz CT molecular complexity index is 374. The highest BCUT2D eigenvalue weighted by atomic mass is 79.9. The monoisotopic (exact) mass is 442 g/mol. The van der Waals surface area contributed by atoms with Crippen LogP contribution in [0.1, 0.15) is 122 Å². The zero-order valence-corrected chi connectivity index (χ0v) is 19.7. The molecule has 0 aliphatic rings. The molecule has 1 aromatic rings. The summed E-state index contributed by atoms with van der Waals surface area (Å²) in [5.74, 6) is 0. The molecule has 0 bridgehead atoms. The number of hydrogen-bond acceptors (Lipinski definition) is 1. The van der Waals surface area contributed by atoms with Gasteiger partial charge in [0.25, 0.3) is 0 Å². The standard InChI is InChI=1S/C24H43BrS/c1-2-3-4-5-6-7-8-9-10-11-12-13-14-15-16-17-18-24(25)21-23-19-20-26-22-23/h19-20,22,24H,2-18,21H2,1H3. The third kappa shape index (κ3) is 15.3. The molecule has 1 heterocycles. The minimum Gasteiger partial charge on any atom is -0.152 e. The van der Waals surface area contributed by atoms with Gasteiger partial charge in [-0.25, -0.2) is 0 Å². The van der Waals surface area contributed by atoms with Gasteiger partial charge in [0.2, 0.25) is 0 Å². The Morgan fingerprint density at radius 1 is 0.731 bits per heavy atom. The van der Waals surface area contributed by atoms with E-state index in [4.69, 9.17) is 0 Å². The molecule has 0 aliphatic carbocycles. The van der Waals surface area contributed by atoms with Gasteiger partial charge in [0, 0.05) is 4.83 Å². The largest absolute Gasteiger partial charge is 0.152 e. The Hall–Kier alpha value is 0.180. The van der Waals surface area contributed by atoms with Crippen LogP contribution in [0.25, 0.3) is 0 Å². The second-order valence-electron chi connectivity index (χ2n) is 8.02. The van der Waals surface area contributed by atoms with Gasteiger partial charge in [-0.2, -0.15) is 11.3 Å². The summed E-state index contributed by atoms with van der Waals surface area (Å²) in [7, 11) is 0. The molecule has 1 unspecified atom stereocenters. The molecule has 0 aliphatic heterocycles. The van der Waals surface area contributed by atoms with Gasteiger partial charge < -0.3 is 0 Å². The van der Waals surface area contributed by atoms with Crippen molar-refractivity contribution in [1.29, 1.82) is 0 Å². The van der Waals surface area contributed by atoms with Crippen molar-refractivity contribution < 1.29 is 0 Å². The molecule has 0 spiro atoms. The van der Waals surface area contributed by atoms with Crippen LogP contribution < -0.4 is 0 Å². The van der Waals surface area contributed by atoms with Crippen LogP contribution in [-0.2, 0) is 6.42 Å². The highest BCUT2D eigenvalue weighted by molar-refractivity contribution is 9.09. The zero-order chi connectivity index (χ0) is 18.7. The predicted molar refractivity (Wildman–Crippen MR) is 125 cm³/mol. The quantitative estimate of drug-likeness (QED) is 0.147. The van der Waals surface area contributed by atoms with Crippen molar-refractivity contribution in [3.05, 3.63) is 22.4 Å². The molecule has 0 nitrogen and oxygen atoms in total. The van der Waals surface area contributed by atoms with E-state index in [1.807, 2.05) is 11.3 Å². The number of unbranched alkanes of at least 4 members (excludes halogenated alkanes) is 15. The van der Waals surface area contributed by atoms with E-state index >= 15 is 0 Å². The topological polar surface area (TPSA) is 0 Å². The molecule has 1 rings (SSSR count). The lowest BCUT2D eigenvalue weighted by Gasteiger charge is -2.08. The van der Waals surface area contributed by atoms with Gasteiger partial charge in [-0.15, -0.1) is 0 Å². The fourth-order valence-electron chi connectivity index (χ4n) is 3.68. The smallest absolute Gasteiger partial charge is 0.0186 e. The number of alkyl halides is 1. The number of halogens is 1. The maximum Gasteiger partial charge on any atom is 0.0186 e. The van der Waals surface area contributed by atoms with Crippen LogP contribution in [0, 0.1) is 0 Å². The van der Waals surface area contributed by atoms with Gasteiger partial charge in [-0.05, 0) is 35.2 Å². The lowest BCUT2D eigenvalue weighted by atomic mass is 10.0. The van der Waals surface area contributed by atoms with E-state index < -0.39 is 0 Å². The molecule has 26 heavy (non-hydrogen) atoms. The highest BCUT2D eigenvalue weighted by Crippen LogP contribution is 2.19. The van der Waals surface area contributed by atoms with E-state index in [-0.39, 0.29) is 0 Å². The maximum absolute atomic E-state index is 3.85. The van der Waals surface area contributed by atoms with E-state index in [0.29, 0.717) is 4.83 Å². The fourth-order valence-corrected chi connectivity index (χ4v) is 5.06. The van der Waals surface area contributed by atoms with Gasteiger partial charge in [0.1, 0.15) is 0 Å². The maximum atomic E-state index is 3.85. The first-order chi connectivity index (χ1) is 12.8. The van der Waals surface area contributed by atoms with Gasteiger partial charge in [0.15, 0.2) is 0 Å². The third-order valence-corrected chi connectivity index (χ3v) is 6.92. The summed E-state index contributed by atoms with van der Waals surface area (Å²) in [5.41, 5.74) is 1.49. The third-order valence-electron chi connectivity index (χ3n) is 5.41. The van der Waals surface area contributed by atoms with Gasteiger partial charge in [-0.3, -0.25) is 0 Å². The van der Waals surface area contributed by atoms with Crippen LogP contribution in [0.5, 0.6) is 0 Å². The summed E-state index contributed by atoms with van der Waals surface area (Å²) in [5, 5.41) is 4.46. The van der Waals surface area contributed by atoms with Crippen molar-refractivity contribution in [1.82, 2.24) is 0 Å².